The minimum absolute atomic E-state index is 0.325. The van der Waals surface area contributed by atoms with Gasteiger partial charge in [-0.05, 0) is 58.3 Å². The van der Waals surface area contributed by atoms with E-state index in [9.17, 15) is 0 Å². The average molecular weight is 284 g/mol. The van der Waals surface area contributed by atoms with Gasteiger partial charge in [0.1, 0.15) is 0 Å². The van der Waals surface area contributed by atoms with Gasteiger partial charge >= 0.3 is 0 Å². The number of nitrogens with one attached hydrogen (secondary N) is 1. The topological polar surface area (TPSA) is 18.5 Å². The molecule has 0 aliphatic carbocycles. The van der Waals surface area contributed by atoms with Crippen molar-refractivity contribution in [3.05, 3.63) is 0 Å². The van der Waals surface area contributed by atoms with Crippen molar-refractivity contribution in [3.63, 3.8) is 0 Å². The molecule has 2 atom stereocenters. The fourth-order valence-corrected chi connectivity index (χ4v) is 3.19. The molecule has 0 saturated carbocycles. The Morgan fingerprint density at radius 2 is 1.95 bits per heavy atom. The van der Waals surface area contributed by atoms with Gasteiger partial charge in [0, 0.05) is 25.2 Å². The molecular formula is C17H37N3. The summed E-state index contributed by atoms with van der Waals surface area (Å²) >= 11 is 0. The van der Waals surface area contributed by atoms with E-state index in [2.05, 4.69) is 56.8 Å². The smallest absolute Gasteiger partial charge is 0.0220 e. The number of hydrogen-bond acceptors (Lipinski definition) is 3. The van der Waals surface area contributed by atoms with Crippen LogP contribution in [0.15, 0.2) is 0 Å². The van der Waals surface area contributed by atoms with Gasteiger partial charge < -0.3 is 10.2 Å². The molecule has 0 bridgehead atoms. The van der Waals surface area contributed by atoms with Crippen molar-refractivity contribution in [1.82, 2.24) is 15.1 Å². The Morgan fingerprint density at radius 3 is 2.55 bits per heavy atom. The Labute approximate surface area is 127 Å². The molecule has 0 aromatic rings. The van der Waals surface area contributed by atoms with Gasteiger partial charge in [0.15, 0.2) is 0 Å². The fraction of sp³-hybridized carbons (Fsp3) is 1.00. The lowest BCUT2D eigenvalue weighted by molar-refractivity contribution is 0.102. The summed E-state index contributed by atoms with van der Waals surface area (Å²) < 4.78 is 0. The average Bonchev–Trinajstić information content (AvgIpc) is 2.57. The first kappa shape index (κ1) is 17.9. The maximum Gasteiger partial charge on any atom is 0.0220 e. The molecule has 0 spiro atoms. The van der Waals surface area contributed by atoms with E-state index >= 15 is 0 Å². The van der Waals surface area contributed by atoms with Crippen LogP contribution in [-0.4, -0.2) is 61.7 Å². The summed E-state index contributed by atoms with van der Waals surface area (Å²) in [5.74, 6) is 0. The van der Waals surface area contributed by atoms with Crippen LogP contribution < -0.4 is 5.32 Å². The Morgan fingerprint density at radius 1 is 1.25 bits per heavy atom. The third-order valence-electron chi connectivity index (χ3n) is 4.98. The molecule has 1 saturated heterocycles. The number of rotatable bonds is 7. The summed E-state index contributed by atoms with van der Waals surface area (Å²) in [6.45, 7) is 17.8. The van der Waals surface area contributed by atoms with Crippen molar-refractivity contribution >= 4 is 0 Å². The van der Waals surface area contributed by atoms with E-state index in [-0.39, 0.29) is 0 Å². The van der Waals surface area contributed by atoms with Gasteiger partial charge in [0.25, 0.3) is 0 Å². The number of nitrogens with zero attached hydrogens (tertiary/aromatic N) is 2. The summed E-state index contributed by atoms with van der Waals surface area (Å²) in [6, 6.07) is 1.29. The van der Waals surface area contributed by atoms with Crippen molar-refractivity contribution in [1.29, 1.82) is 0 Å². The maximum atomic E-state index is 3.68. The highest BCUT2D eigenvalue weighted by Crippen LogP contribution is 2.25. The molecule has 120 valence electrons. The van der Waals surface area contributed by atoms with Gasteiger partial charge in [0.05, 0.1) is 0 Å². The summed E-state index contributed by atoms with van der Waals surface area (Å²) in [6.07, 6.45) is 3.78. The van der Waals surface area contributed by atoms with Crippen LogP contribution in [0.2, 0.25) is 0 Å². The molecule has 3 heteroatoms. The summed E-state index contributed by atoms with van der Waals surface area (Å²) in [4.78, 5) is 5.24. The lowest BCUT2D eigenvalue weighted by atomic mass is 9.84. The van der Waals surface area contributed by atoms with E-state index in [1.54, 1.807) is 0 Å². The van der Waals surface area contributed by atoms with Gasteiger partial charge in [-0.25, -0.2) is 0 Å². The zero-order valence-corrected chi connectivity index (χ0v) is 14.7. The molecule has 0 radical (unpaired) electrons. The molecular weight excluding hydrogens is 246 g/mol. The molecule has 0 amide bonds. The number of hydrogen-bond donors (Lipinski definition) is 1. The molecule has 2 unspecified atom stereocenters. The van der Waals surface area contributed by atoms with Gasteiger partial charge in [0.2, 0.25) is 0 Å². The van der Waals surface area contributed by atoms with E-state index in [4.69, 9.17) is 0 Å². The van der Waals surface area contributed by atoms with Gasteiger partial charge in [-0.2, -0.15) is 0 Å². The van der Waals surface area contributed by atoms with E-state index in [0.717, 1.165) is 12.6 Å². The largest absolute Gasteiger partial charge is 0.314 e. The van der Waals surface area contributed by atoms with Crippen molar-refractivity contribution in [3.8, 4) is 0 Å². The summed E-state index contributed by atoms with van der Waals surface area (Å²) in [7, 11) is 2.27. The Balaban J connectivity index is 2.62. The molecule has 3 nitrogen and oxygen atoms in total. The monoisotopic (exact) mass is 283 g/mol. The molecule has 1 rings (SSSR count). The van der Waals surface area contributed by atoms with Crippen molar-refractivity contribution < 1.29 is 0 Å². The molecule has 0 aromatic heterocycles. The van der Waals surface area contributed by atoms with Crippen LogP contribution >= 0.6 is 0 Å². The van der Waals surface area contributed by atoms with E-state index in [1.165, 1.54) is 45.4 Å². The van der Waals surface area contributed by atoms with Crippen LogP contribution in [0.5, 0.6) is 0 Å². The van der Waals surface area contributed by atoms with Gasteiger partial charge in [-0.3, -0.25) is 4.90 Å². The van der Waals surface area contributed by atoms with Crippen molar-refractivity contribution in [2.75, 3.05) is 39.8 Å². The van der Waals surface area contributed by atoms with Crippen LogP contribution in [0.25, 0.3) is 0 Å². The van der Waals surface area contributed by atoms with Crippen LogP contribution in [-0.2, 0) is 0 Å². The highest BCUT2D eigenvalue weighted by atomic mass is 15.2. The van der Waals surface area contributed by atoms with Crippen molar-refractivity contribution in [2.24, 2.45) is 5.41 Å². The first-order valence-electron chi connectivity index (χ1n) is 8.56. The zero-order valence-electron chi connectivity index (χ0n) is 14.7. The third-order valence-corrected chi connectivity index (χ3v) is 4.98. The molecule has 0 aromatic carbocycles. The van der Waals surface area contributed by atoms with Gasteiger partial charge in [-0.1, -0.05) is 27.7 Å². The highest BCUT2D eigenvalue weighted by Gasteiger charge is 2.31. The Hall–Kier alpha value is -0.120. The second-order valence-corrected chi connectivity index (χ2v) is 7.31. The van der Waals surface area contributed by atoms with E-state index in [0.29, 0.717) is 11.5 Å². The Bertz CT molecular complexity index is 265. The van der Waals surface area contributed by atoms with E-state index < -0.39 is 0 Å². The molecule has 1 heterocycles. The first-order chi connectivity index (χ1) is 9.40. The van der Waals surface area contributed by atoms with Crippen molar-refractivity contribution in [2.45, 2.75) is 66.0 Å². The highest BCUT2D eigenvalue weighted by molar-refractivity contribution is 4.87. The summed E-state index contributed by atoms with van der Waals surface area (Å²) in [5.41, 5.74) is 0.325. The summed E-state index contributed by atoms with van der Waals surface area (Å²) in [5, 5.41) is 3.68. The van der Waals surface area contributed by atoms with Crippen LogP contribution in [0.4, 0.5) is 0 Å². The molecule has 1 aliphatic heterocycles. The zero-order chi connectivity index (χ0) is 15.2. The number of likely N-dealkylation sites (N-methyl/N-ethyl adjacent to an activating group) is 1. The minimum atomic E-state index is 0.325. The minimum Gasteiger partial charge on any atom is -0.314 e. The fourth-order valence-electron chi connectivity index (χ4n) is 3.19. The second kappa shape index (κ2) is 8.35. The van der Waals surface area contributed by atoms with Crippen LogP contribution in [0, 0.1) is 5.41 Å². The maximum absolute atomic E-state index is 3.68. The van der Waals surface area contributed by atoms with Crippen LogP contribution in [0.3, 0.4) is 0 Å². The quantitative estimate of drug-likeness (QED) is 0.775. The Kier molecular flexibility index (Phi) is 7.49. The SMILES string of the molecule is CCCNC(C)C(C)(C)CN1CCCN(C)CC1CC. The standard InChI is InChI=1S/C17H37N3/c1-7-10-18-15(3)17(4,5)14-20-12-9-11-19(6)13-16(20)8-2/h15-16,18H,7-14H2,1-6H3. The van der Waals surface area contributed by atoms with Gasteiger partial charge in [-0.15, -0.1) is 0 Å². The third kappa shape index (κ3) is 5.34. The first-order valence-corrected chi connectivity index (χ1v) is 8.56. The second-order valence-electron chi connectivity index (χ2n) is 7.31. The predicted octanol–water partition coefficient (Wildman–Crippen LogP) is 2.82. The molecule has 1 N–H and O–H groups in total. The molecule has 1 aliphatic rings. The normalized spacial score (nSPS) is 24.6. The molecule has 1 fully saturated rings. The lowest BCUT2D eigenvalue weighted by Gasteiger charge is -2.40. The molecule has 20 heavy (non-hydrogen) atoms. The van der Waals surface area contributed by atoms with Crippen LogP contribution in [0.1, 0.15) is 53.9 Å². The lowest BCUT2D eigenvalue weighted by Crippen LogP contribution is -2.50. The van der Waals surface area contributed by atoms with E-state index in [1.807, 2.05) is 0 Å². The predicted molar refractivity (Wildman–Crippen MR) is 89.3 cm³/mol.